The van der Waals surface area contributed by atoms with E-state index in [2.05, 4.69) is 0 Å². The monoisotopic (exact) mass is 809 g/mol. The molecule has 4 N–H and O–H groups in total. The first kappa shape index (κ1) is 42.0. The highest BCUT2D eigenvalue weighted by Crippen LogP contribution is 2.54. The van der Waals surface area contributed by atoms with Gasteiger partial charge in [-0.05, 0) is 71.1 Å². The van der Waals surface area contributed by atoms with Gasteiger partial charge in [0.05, 0.1) is 67.0 Å². The maximum Gasteiger partial charge on any atom is 0.316 e. The van der Waals surface area contributed by atoms with Crippen molar-refractivity contribution in [2.75, 3.05) is 27.8 Å². The molecule has 2 aromatic rings. The smallest absolute Gasteiger partial charge is 0.316 e. The number of hydrogen-bond donors (Lipinski definition) is 4. The lowest BCUT2D eigenvalue weighted by Crippen LogP contribution is -2.62. The molecule has 13 atom stereocenters. The Hall–Kier alpha value is -4.10. The van der Waals surface area contributed by atoms with Crippen LogP contribution in [0.1, 0.15) is 102 Å². The zero-order chi connectivity index (χ0) is 42.0. The average Bonchev–Trinajstić information content (AvgIpc) is 3.17. The van der Waals surface area contributed by atoms with Crippen LogP contribution in [-0.4, -0.2) is 143 Å². The number of benzene rings is 2. The van der Waals surface area contributed by atoms with Gasteiger partial charge in [0, 0.05) is 29.5 Å². The summed E-state index contributed by atoms with van der Waals surface area (Å²) in [6, 6.07) is 4.89. The molecule has 2 saturated heterocycles. The number of aromatic hydroxyl groups is 2. The van der Waals surface area contributed by atoms with Gasteiger partial charge in [-0.1, -0.05) is 19.1 Å². The summed E-state index contributed by atoms with van der Waals surface area (Å²) in [5, 5.41) is 46.1. The Morgan fingerprint density at radius 2 is 1.71 bits per heavy atom. The Labute approximate surface area is 335 Å². The van der Waals surface area contributed by atoms with Crippen LogP contribution in [0.3, 0.4) is 0 Å². The van der Waals surface area contributed by atoms with Crippen LogP contribution in [0.15, 0.2) is 36.4 Å². The van der Waals surface area contributed by atoms with Crippen LogP contribution in [0, 0.1) is 0 Å². The molecule has 16 nitrogen and oxygen atoms in total. The maximum absolute atomic E-state index is 14.0. The number of likely N-dealkylation sites (N-methyl/N-ethyl adjacent to an activating group) is 1. The number of ketones is 3. The molecule has 0 aromatic heterocycles. The summed E-state index contributed by atoms with van der Waals surface area (Å²) in [5.74, 6) is -4.83. The lowest BCUT2D eigenvalue weighted by molar-refractivity contribution is -0.310. The second-order valence-electron chi connectivity index (χ2n) is 16.0. The summed E-state index contributed by atoms with van der Waals surface area (Å²) in [6.45, 7) is 6.93. The standard InChI is InChI=1S/C42H51NO15/c1-8-42(51)16-27(32-22(34(42)41(50)52-7)14-23-33(38(32)49)37(48)31-21(36(23)47)10-9-11-25(31)45)56-28-17-53-19(3)40(35(28)43(5)6)58-30-15-26(46)39(20(4)55-30)57-29-13-12-24(44)18(2)54-29/h9-14,18-20,26-30,34-35,39-40,45-46,49,51H,8,15-17H2,1-7H3/t18-,19-,20-,26-,27-,28+,29-,30-,34-,35-,39+,40+,42+/m0/s1. The van der Waals surface area contributed by atoms with Gasteiger partial charge in [0.15, 0.2) is 24.1 Å². The summed E-state index contributed by atoms with van der Waals surface area (Å²) < 4.78 is 42.6. The number of rotatable bonds is 9. The molecular formula is C42H51NO15. The SMILES string of the molecule is CC[C@@]1(O)C[C@H](O[C@@H]2CO[C@@H](C)[C@@H](O[C@H]3C[C@H](O)[C@H](O[C@H]4C=CC(=O)[C@H](C)O4)[C@H](C)O3)[C@H]2N(C)C)c2c(cc3c(c2O)C(=O)c2c(O)cccc2C3=O)[C@H]1C(=O)OC. The fourth-order valence-corrected chi connectivity index (χ4v) is 9.10. The number of nitrogens with zero attached hydrogens (tertiary/aromatic N) is 1. The van der Waals surface area contributed by atoms with Crippen molar-refractivity contribution in [2.24, 2.45) is 0 Å². The largest absolute Gasteiger partial charge is 0.507 e. The van der Waals surface area contributed by atoms with Gasteiger partial charge in [0.25, 0.3) is 0 Å². The van der Waals surface area contributed by atoms with Gasteiger partial charge >= 0.3 is 5.97 Å². The number of ether oxygens (including phenoxy) is 7. The quantitative estimate of drug-likeness (QED) is 0.229. The molecule has 2 fully saturated rings. The molecule has 5 aliphatic rings. The number of fused-ring (bicyclic) bond motifs is 3. The number of aliphatic hydroxyl groups is 2. The van der Waals surface area contributed by atoms with Crippen LogP contribution in [0.25, 0.3) is 0 Å². The third kappa shape index (κ3) is 7.28. The zero-order valence-corrected chi connectivity index (χ0v) is 33.4. The Balaban J connectivity index is 1.19. The molecule has 0 saturated carbocycles. The van der Waals surface area contributed by atoms with Crippen LogP contribution in [0.5, 0.6) is 11.5 Å². The van der Waals surface area contributed by atoms with Crippen molar-refractivity contribution in [3.63, 3.8) is 0 Å². The maximum atomic E-state index is 14.0. The van der Waals surface area contributed by atoms with Crippen molar-refractivity contribution in [1.82, 2.24) is 4.90 Å². The van der Waals surface area contributed by atoms with Crippen LogP contribution < -0.4 is 0 Å². The summed E-state index contributed by atoms with van der Waals surface area (Å²) in [7, 11) is 4.83. The van der Waals surface area contributed by atoms with Crippen molar-refractivity contribution < 1.29 is 72.8 Å². The molecule has 7 rings (SSSR count). The summed E-state index contributed by atoms with van der Waals surface area (Å²) in [6.07, 6.45) is -5.28. The van der Waals surface area contributed by atoms with Gasteiger partial charge in [-0.2, -0.15) is 0 Å². The first-order valence-corrected chi connectivity index (χ1v) is 19.6. The van der Waals surface area contributed by atoms with E-state index in [4.69, 9.17) is 33.2 Å². The minimum atomic E-state index is -1.78. The highest BCUT2D eigenvalue weighted by molar-refractivity contribution is 6.30. The molecule has 2 aromatic carbocycles. The predicted octanol–water partition coefficient (Wildman–Crippen LogP) is 2.59. The van der Waals surface area contributed by atoms with Gasteiger partial charge < -0.3 is 58.5 Å². The Kier molecular flexibility index (Phi) is 11.7. The van der Waals surface area contributed by atoms with Gasteiger partial charge in [-0.3, -0.25) is 19.2 Å². The number of aliphatic hydroxyl groups excluding tert-OH is 1. The fraction of sp³-hybridized carbons (Fsp3) is 0.571. The first-order valence-electron chi connectivity index (χ1n) is 19.6. The lowest BCUT2D eigenvalue weighted by Gasteiger charge is -2.49. The molecule has 2 aliphatic carbocycles. The summed E-state index contributed by atoms with van der Waals surface area (Å²) >= 11 is 0. The number of hydrogen-bond acceptors (Lipinski definition) is 16. The topological polar surface area (TPSA) is 217 Å². The molecule has 0 bridgehead atoms. The second-order valence-corrected chi connectivity index (χ2v) is 16.0. The van der Waals surface area contributed by atoms with E-state index in [9.17, 15) is 39.6 Å². The molecule has 16 heteroatoms. The number of carbonyl (C=O) groups excluding carboxylic acids is 4. The van der Waals surface area contributed by atoms with E-state index in [0.717, 1.165) is 0 Å². The van der Waals surface area contributed by atoms with Crippen LogP contribution in [0.4, 0.5) is 0 Å². The van der Waals surface area contributed by atoms with Gasteiger partial charge in [-0.15, -0.1) is 0 Å². The van der Waals surface area contributed by atoms with E-state index in [-0.39, 0.29) is 65.0 Å². The average molecular weight is 810 g/mol. The van der Waals surface area contributed by atoms with Crippen molar-refractivity contribution in [1.29, 1.82) is 0 Å². The molecule has 314 valence electrons. The molecule has 58 heavy (non-hydrogen) atoms. The summed E-state index contributed by atoms with van der Waals surface area (Å²) in [5.41, 5.74) is -2.55. The molecular weight excluding hydrogens is 758 g/mol. The van der Waals surface area contributed by atoms with E-state index < -0.39 is 108 Å². The number of phenolic OH excluding ortho intramolecular Hbond substituents is 2. The number of phenols is 2. The van der Waals surface area contributed by atoms with Gasteiger partial charge in [0.1, 0.15) is 35.7 Å². The van der Waals surface area contributed by atoms with Gasteiger partial charge in [0.2, 0.25) is 5.78 Å². The normalized spacial score (nSPS) is 36.0. The summed E-state index contributed by atoms with van der Waals surface area (Å²) in [4.78, 5) is 55.1. The highest BCUT2D eigenvalue weighted by Gasteiger charge is 2.54. The van der Waals surface area contributed by atoms with E-state index in [1.54, 1.807) is 20.8 Å². The molecule has 0 unspecified atom stereocenters. The van der Waals surface area contributed by atoms with Crippen molar-refractivity contribution in [3.8, 4) is 11.5 Å². The minimum absolute atomic E-state index is 0.0232. The molecule has 3 heterocycles. The van der Waals surface area contributed by atoms with E-state index in [0.29, 0.717) is 0 Å². The first-order chi connectivity index (χ1) is 27.5. The van der Waals surface area contributed by atoms with E-state index in [1.165, 1.54) is 43.5 Å². The van der Waals surface area contributed by atoms with Crippen molar-refractivity contribution in [3.05, 3.63) is 69.8 Å². The molecule has 0 spiro atoms. The fourth-order valence-electron chi connectivity index (χ4n) is 9.10. The van der Waals surface area contributed by atoms with Crippen molar-refractivity contribution in [2.45, 2.75) is 126 Å². The number of carbonyl (C=O) groups is 4. The second kappa shape index (κ2) is 16.2. The van der Waals surface area contributed by atoms with Crippen LogP contribution in [-0.2, 0) is 42.7 Å². The predicted molar refractivity (Wildman–Crippen MR) is 201 cm³/mol. The third-order valence-corrected chi connectivity index (χ3v) is 12.2. The van der Waals surface area contributed by atoms with Crippen molar-refractivity contribution >= 4 is 23.3 Å². The van der Waals surface area contributed by atoms with Crippen LogP contribution in [0.2, 0.25) is 0 Å². The Morgan fingerprint density at radius 3 is 2.36 bits per heavy atom. The molecule has 0 radical (unpaired) electrons. The highest BCUT2D eigenvalue weighted by atomic mass is 16.7. The Morgan fingerprint density at radius 1 is 0.966 bits per heavy atom. The Bertz CT molecular complexity index is 1990. The number of methoxy groups -OCH3 is 1. The van der Waals surface area contributed by atoms with Crippen LogP contribution >= 0.6 is 0 Å². The molecule has 0 amide bonds. The van der Waals surface area contributed by atoms with Gasteiger partial charge in [-0.25, -0.2) is 0 Å². The number of esters is 1. The molecule has 3 aliphatic heterocycles. The minimum Gasteiger partial charge on any atom is -0.507 e. The third-order valence-electron chi connectivity index (χ3n) is 12.2. The zero-order valence-electron chi connectivity index (χ0n) is 33.4. The van der Waals surface area contributed by atoms with E-state index >= 15 is 0 Å². The van der Waals surface area contributed by atoms with E-state index in [1.807, 2.05) is 25.9 Å². The lowest BCUT2D eigenvalue weighted by atomic mass is 9.67.